The number of piperazine rings is 1. The van der Waals surface area contributed by atoms with Gasteiger partial charge in [-0.2, -0.15) is 0 Å². The Morgan fingerprint density at radius 1 is 0.962 bits per heavy atom. The van der Waals surface area contributed by atoms with Gasteiger partial charge in [0.1, 0.15) is 11.5 Å². The standard InChI is InChI=1S/C18H20BN3O4/c19-18(26)22-9-7-21(8-10-22)13-3-6-15(16(24)11-13)17(25)20-12-1-4-14(23)5-2-12/h1-6,11,23-24H,7-10,19H2,(H,20,25). The van der Waals surface area contributed by atoms with Crippen LogP contribution in [-0.2, 0) is 0 Å². The highest BCUT2D eigenvalue weighted by Crippen LogP contribution is 2.26. The summed E-state index contributed by atoms with van der Waals surface area (Å²) in [4.78, 5) is 27.6. The molecule has 0 spiro atoms. The van der Waals surface area contributed by atoms with Crippen molar-refractivity contribution >= 4 is 30.9 Å². The lowest BCUT2D eigenvalue weighted by Gasteiger charge is -2.36. The summed E-state index contributed by atoms with van der Waals surface area (Å²) in [6.45, 7) is 2.63. The fourth-order valence-corrected chi connectivity index (χ4v) is 2.93. The van der Waals surface area contributed by atoms with Crippen molar-refractivity contribution in [1.29, 1.82) is 0 Å². The number of phenolic OH excluding ortho intramolecular Hbond substituents is 2. The lowest BCUT2D eigenvalue weighted by Crippen LogP contribution is -2.48. The number of carbonyl (C=O) groups excluding carboxylic acids is 2. The Bertz CT molecular complexity index is 818. The van der Waals surface area contributed by atoms with Gasteiger partial charge < -0.3 is 25.3 Å². The van der Waals surface area contributed by atoms with Gasteiger partial charge in [0.05, 0.1) is 5.56 Å². The fraction of sp³-hybridized carbons (Fsp3) is 0.222. The lowest BCUT2D eigenvalue weighted by molar-refractivity contribution is 0.102. The van der Waals surface area contributed by atoms with E-state index in [-0.39, 0.29) is 22.9 Å². The molecule has 0 saturated carbocycles. The molecule has 2 amide bonds. The highest BCUT2D eigenvalue weighted by molar-refractivity contribution is 6.56. The van der Waals surface area contributed by atoms with Crippen LogP contribution in [0, 0.1) is 0 Å². The molecule has 3 N–H and O–H groups in total. The van der Waals surface area contributed by atoms with E-state index in [2.05, 4.69) is 10.2 Å². The minimum atomic E-state index is -0.430. The first-order chi connectivity index (χ1) is 12.4. The van der Waals surface area contributed by atoms with Crippen molar-refractivity contribution in [3.8, 4) is 11.5 Å². The van der Waals surface area contributed by atoms with E-state index < -0.39 is 5.91 Å². The third-order valence-electron chi connectivity index (χ3n) is 4.44. The van der Waals surface area contributed by atoms with Crippen molar-refractivity contribution in [2.75, 3.05) is 36.4 Å². The largest absolute Gasteiger partial charge is 0.508 e. The molecule has 0 aliphatic carbocycles. The number of nitrogens with one attached hydrogen (secondary N) is 1. The van der Waals surface area contributed by atoms with Gasteiger partial charge in [-0.05, 0) is 36.4 Å². The van der Waals surface area contributed by atoms with E-state index in [1.165, 1.54) is 12.1 Å². The minimum Gasteiger partial charge on any atom is -0.508 e. The second-order valence-electron chi connectivity index (χ2n) is 6.20. The molecule has 1 fully saturated rings. The highest BCUT2D eigenvalue weighted by Gasteiger charge is 2.20. The summed E-state index contributed by atoms with van der Waals surface area (Å²) in [5, 5.41) is 22.2. The Morgan fingerprint density at radius 2 is 1.62 bits per heavy atom. The van der Waals surface area contributed by atoms with Gasteiger partial charge >= 0.3 is 0 Å². The molecule has 0 atom stereocenters. The summed E-state index contributed by atoms with van der Waals surface area (Å²) in [5.74, 6) is -0.359. The molecule has 26 heavy (non-hydrogen) atoms. The number of carbonyl (C=O) groups is 2. The number of amides is 2. The lowest BCUT2D eigenvalue weighted by atomic mass is 10.1. The molecule has 134 valence electrons. The van der Waals surface area contributed by atoms with Crippen molar-refractivity contribution < 1.29 is 19.8 Å². The van der Waals surface area contributed by atoms with Crippen LogP contribution in [0.3, 0.4) is 0 Å². The summed E-state index contributed by atoms with van der Waals surface area (Å²) in [5.41, 5.74) is 1.51. The van der Waals surface area contributed by atoms with Crippen LogP contribution in [0.4, 0.5) is 16.2 Å². The first kappa shape index (κ1) is 17.7. The number of benzene rings is 2. The maximum Gasteiger partial charge on any atom is 0.259 e. The van der Waals surface area contributed by atoms with Crippen molar-refractivity contribution in [1.82, 2.24) is 4.90 Å². The molecular formula is C18H20BN3O4. The molecule has 1 heterocycles. The molecule has 8 heteroatoms. The van der Waals surface area contributed by atoms with Crippen LogP contribution >= 0.6 is 0 Å². The van der Waals surface area contributed by atoms with Gasteiger partial charge in [0, 0.05) is 43.6 Å². The zero-order valence-corrected chi connectivity index (χ0v) is 14.5. The molecule has 0 bridgehead atoms. The maximum absolute atomic E-state index is 12.3. The van der Waals surface area contributed by atoms with Gasteiger partial charge in [0.15, 0.2) is 5.81 Å². The van der Waals surface area contributed by atoms with Crippen molar-refractivity contribution in [3.05, 3.63) is 48.0 Å². The summed E-state index contributed by atoms with van der Waals surface area (Å²) in [6, 6.07) is 11.0. The third kappa shape index (κ3) is 3.91. The Balaban J connectivity index is 1.68. The molecule has 0 radical (unpaired) electrons. The van der Waals surface area contributed by atoms with E-state index in [1.807, 2.05) is 0 Å². The van der Waals surface area contributed by atoms with Crippen LogP contribution in [-0.4, -0.2) is 60.9 Å². The molecule has 0 aromatic heterocycles. The van der Waals surface area contributed by atoms with Crippen LogP contribution in [0.25, 0.3) is 0 Å². The second kappa shape index (κ2) is 7.39. The number of aromatic hydroxyl groups is 2. The van der Waals surface area contributed by atoms with E-state index >= 15 is 0 Å². The Hall–Kier alpha value is -3.16. The van der Waals surface area contributed by atoms with Crippen LogP contribution in [0.1, 0.15) is 10.4 Å². The molecule has 2 aromatic rings. The summed E-state index contributed by atoms with van der Waals surface area (Å²) in [6.07, 6.45) is 0. The fourth-order valence-electron chi connectivity index (χ4n) is 2.93. The molecule has 0 unspecified atom stereocenters. The van der Waals surface area contributed by atoms with Gasteiger partial charge in [0.25, 0.3) is 5.91 Å². The van der Waals surface area contributed by atoms with Crippen molar-refractivity contribution in [2.45, 2.75) is 0 Å². The average Bonchev–Trinajstić information content (AvgIpc) is 2.63. The quantitative estimate of drug-likeness (QED) is 0.570. The third-order valence-corrected chi connectivity index (χ3v) is 4.44. The van der Waals surface area contributed by atoms with Crippen LogP contribution in [0.15, 0.2) is 42.5 Å². The van der Waals surface area contributed by atoms with E-state index in [4.69, 9.17) is 0 Å². The molecule has 1 aliphatic heterocycles. The number of rotatable bonds is 3. The first-order valence-electron chi connectivity index (χ1n) is 8.38. The van der Waals surface area contributed by atoms with Gasteiger partial charge in [-0.15, -0.1) is 0 Å². The molecule has 2 aromatic carbocycles. The van der Waals surface area contributed by atoms with Gasteiger partial charge in [0.2, 0.25) is 7.85 Å². The highest BCUT2D eigenvalue weighted by atomic mass is 16.3. The number of hydrogen-bond acceptors (Lipinski definition) is 5. The SMILES string of the molecule is BC(=O)N1CCN(c2ccc(C(=O)Nc3ccc(O)cc3)c(O)c2)CC1. The normalized spacial score (nSPS) is 14.2. The van der Waals surface area contributed by atoms with E-state index in [0.29, 0.717) is 31.9 Å². The minimum absolute atomic E-state index is 0.0637. The van der Waals surface area contributed by atoms with Crippen molar-refractivity contribution in [2.24, 2.45) is 0 Å². The van der Waals surface area contributed by atoms with E-state index in [1.54, 1.807) is 43.1 Å². The van der Waals surface area contributed by atoms with Crippen LogP contribution in [0.2, 0.25) is 0 Å². The molecule has 7 nitrogen and oxygen atoms in total. The summed E-state index contributed by atoms with van der Waals surface area (Å²) < 4.78 is 0. The smallest absolute Gasteiger partial charge is 0.259 e. The number of phenols is 2. The van der Waals surface area contributed by atoms with E-state index in [0.717, 1.165) is 5.69 Å². The molecule has 1 saturated heterocycles. The number of anilines is 2. The Labute approximate surface area is 152 Å². The van der Waals surface area contributed by atoms with Crippen LogP contribution in [0.5, 0.6) is 11.5 Å². The van der Waals surface area contributed by atoms with Crippen molar-refractivity contribution in [3.63, 3.8) is 0 Å². The van der Waals surface area contributed by atoms with Gasteiger partial charge in [-0.25, -0.2) is 0 Å². The molecule has 3 rings (SSSR count). The topological polar surface area (TPSA) is 93.1 Å². The van der Waals surface area contributed by atoms with Gasteiger partial charge in [-0.1, -0.05) is 0 Å². The average molecular weight is 353 g/mol. The maximum atomic E-state index is 12.3. The van der Waals surface area contributed by atoms with Crippen LogP contribution < -0.4 is 10.2 Å². The second-order valence-corrected chi connectivity index (χ2v) is 6.20. The zero-order chi connectivity index (χ0) is 18.7. The molecule has 1 aliphatic rings. The monoisotopic (exact) mass is 353 g/mol. The Kier molecular flexibility index (Phi) is 5.02. The molecular weight excluding hydrogens is 333 g/mol. The number of hydrogen-bond donors (Lipinski definition) is 3. The predicted molar refractivity (Wildman–Crippen MR) is 102 cm³/mol. The summed E-state index contributed by atoms with van der Waals surface area (Å²) in [7, 11) is 1.56. The summed E-state index contributed by atoms with van der Waals surface area (Å²) >= 11 is 0. The number of nitrogens with zero attached hydrogens (tertiary/aromatic N) is 2. The van der Waals surface area contributed by atoms with E-state index in [9.17, 15) is 19.8 Å². The zero-order valence-electron chi connectivity index (χ0n) is 14.5. The predicted octanol–water partition coefficient (Wildman–Crippen LogP) is 1.23. The van der Waals surface area contributed by atoms with Gasteiger partial charge in [-0.3, -0.25) is 9.59 Å². The first-order valence-corrected chi connectivity index (χ1v) is 8.38. The Morgan fingerprint density at radius 3 is 2.19 bits per heavy atom.